The molecule has 1 aliphatic carbocycles. The summed E-state index contributed by atoms with van der Waals surface area (Å²) in [6, 6.07) is 0.524. The molecular formula is C17H33N3O2. The van der Waals surface area contributed by atoms with E-state index in [9.17, 15) is 4.79 Å². The lowest BCUT2D eigenvalue weighted by Crippen LogP contribution is -2.58. The zero-order valence-corrected chi connectivity index (χ0v) is 14.9. The molecule has 5 heteroatoms. The number of likely N-dealkylation sites (N-methyl/N-ethyl adjacent to an activating group) is 1. The molecule has 2 fully saturated rings. The minimum Gasteiger partial charge on any atom is -0.444 e. The Morgan fingerprint density at radius 2 is 1.86 bits per heavy atom. The van der Waals surface area contributed by atoms with Gasteiger partial charge in [0.2, 0.25) is 0 Å². The number of ether oxygens (including phenoxy) is 1. The number of amides is 1. The molecule has 5 nitrogen and oxygen atoms in total. The lowest BCUT2D eigenvalue weighted by molar-refractivity contribution is 0.0180. The summed E-state index contributed by atoms with van der Waals surface area (Å²) < 4.78 is 5.44. The first-order valence-electron chi connectivity index (χ1n) is 8.61. The summed E-state index contributed by atoms with van der Waals surface area (Å²) in [6.45, 7) is 8.40. The summed E-state index contributed by atoms with van der Waals surface area (Å²) in [4.78, 5) is 16.3. The van der Waals surface area contributed by atoms with Crippen molar-refractivity contribution < 1.29 is 9.53 Å². The van der Waals surface area contributed by atoms with Gasteiger partial charge in [0.15, 0.2) is 0 Å². The van der Waals surface area contributed by atoms with E-state index >= 15 is 0 Å². The number of nitrogens with one attached hydrogen (secondary N) is 1. The molecule has 0 aromatic rings. The Morgan fingerprint density at radius 3 is 2.27 bits per heavy atom. The van der Waals surface area contributed by atoms with Gasteiger partial charge in [-0.1, -0.05) is 0 Å². The predicted octanol–water partition coefficient (Wildman–Crippen LogP) is 2.46. The summed E-state index contributed by atoms with van der Waals surface area (Å²) in [5.74, 6) is 0. The van der Waals surface area contributed by atoms with Crippen molar-refractivity contribution in [1.82, 2.24) is 15.1 Å². The van der Waals surface area contributed by atoms with Crippen LogP contribution >= 0.6 is 0 Å². The summed E-state index contributed by atoms with van der Waals surface area (Å²) in [5, 5.41) is 3.73. The first-order chi connectivity index (χ1) is 10.2. The first-order valence-corrected chi connectivity index (χ1v) is 8.61. The van der Waals surface area contributed by atoms with Gasteiger partial charge in [0.1, 0.15) is 5.60 Å². The van der Waals surface area contributed by atoms with E-state index in [2.05, 4.69) is 24.3 Å². The number of hydrogen-bond acceptors (Lipinski definition) is 4. The fourth-order valence-electron chi connectivity index (χ4n) is 3.29. The molecule has 22 heavy (non-hydrogen) atoms. The molecule has 1 saturated carbocycles. The van der Waals surface area contributed by atoms with E-state index in [-0.39, 0.29) is 6.09 Å². The molecule has 0 bridgehead atoms. The van der Waals surface area contributed by atoms with E-state index in [0.717, 1.165) is 32.5 Å². The fraction of sp³-hybridized carbons (Fsp3) is 0.941. The highest BCUT2D eigenvalue weighted by atomic mass is 16.6. The van der Waals surface area contributed by atoms with E-state index < -0.39 is 5.60 Å². The largest absolute Gasteiger partial charge is 0.444 e. The Bertz CT molecular complexity index is 378. The third-order valence-corrected chi connectivity index (χ3v) is 5.10. The Morgan fingerprint density at radius 1 is 1.27 bits per heavy atom. The molecule has 1 heterocycles. The number of likely N-dealkylation sites (tertiary alicyclic amines) is 1. The van der Waals surface area contributed by atoms with Crippen LogP contribution in [0, 0.1) is 0 Å². The van der Waals surface area contributed by atoms with Gasteiger partial charge in [-0.3, -0.25) is 0 Å². The number of nitrogens with zero attached hydrogens (tertiary/aromatic N) is 2. The van der Waals surface area contributed by atoms with Gasteiger partial charge < -0.3 is 19.9 Å². The van der Waals surface area contributed by atoms with E-state index in [1.165, 1.54) is 19.3 Å². The molecule has 1 saturated heterocycles. The van der Waals surface area contributed by atoms with Gasteiger partial charge >= 0.3 is 6.09 Å². The van der Waals surface area contributed by atoms with Crippen molar-refractivity contribution in [1.29, 1.82) is 0 Å². The van der Waals surface area contributed by atoms with Crippen molar-refractivity contribution in [3.63, 3.8) is 0 Å². The minimum absolute atomic E-state index is 0.172. The van der Waals surface area contributed by atoms with Gasteiger partial charge in [-0.15, -0.1) is 0 Å². The van der Waals surface area contributed by atoms with Crippen LogP contribution in [0.15, 0.2) is 0 Å². The van der Waals surface area contributed by atoms with Crippen LogP contribution in [0.3, 0.4) is 0 Å². The third-order valence-electron chi connectivity index (χ3n) is 5.10. The van der Waals surface area contributed by atoms with Gasteiger partial charge in [-0.05, 0) is 67.0 Å². The molecular weight excluding hydrogens is 278 g/mol. The van der Waals surface area contributed by atoms with Crippen molar-refractivity contribution in [3.05, 3.63) is 0 Å². The second-order valence-corrected chi connectivity index (χ2v) is 8.09. The predicted molar refractivity (Wildman–Crippen MR) is 89.1 cm³/mol. The molecule has 1 N–H and O–H groups in total. The van der Waals surface area contributed by atoms with Crippen molar-refractivity contribution >= 4 is 6.09 Å². The van der Waals surface area contributed by atoms with Gasteiger partial charge in [0.05, 0.1) is 0 Å². The van der Waals surface area contributed by atoms with Gasteiger partial charge in [0.25, 0.3) is 0 Å². The molecule has 1 aliphatic heterocycles. The lowest BCUT2D eigenvalue weighted by Gasteiger charge is -2.48. The van der Waals surface area contributed by atoms with Crippen molar-refractivity contribution in [2.75, 3.05) is 33.7 Å². The molecule has 128 valence electrons. The number of carbonyl (C=O) groups is 1. The number of hydrogen-bond donors (Lipinski definition) is 1. The maximum Gasteiger partial charge on any atom is 0.410 e. The maximum absolute atomic E-state index is 12.1. The minimum atomic E-state index is -0.408. The number of carbonyl (C=O) groups excluding carboxylic acids is 1. The molecule has 0 radical (unpaired) electrons. The van der Waals surface area contributed by atoms with Gasteiger partial charge in [0, 0.05) is 31.2 Å². The number of piperidine rings is 1. The Hall–Kier alpha value is -0.810. The Labute approximate surface area is 135 Å². The van der Waals surface area contributed by atoms with Gasteiger partial charge in [-0.25, -0.2) is 4.79 Å². The Kier molecular flexibility index (Phi) is 5.38. The van der Waals surface area contributed by atoms with Crippen LogP contribution in [-0.4, -0.2) is 66.8 Å². The molecule has 0 aromatic heterocycles. The summed E-state index contributed by atoms with van der Waals surface area (Å²) in [7, 11) is 4.37. The van der Waals surface area contributed by atoms with Crippen LogP contribution in [0.4, 0.5) is 4.79 Å². The molecule has 2 rings (SSSR count). The van der Waals surface area contributed by atoms with Gasteiger partial charge in [-0.2, -0.15) is 0 Å². The van der Waals surface area contributed by atoms with Crippen molar-refractivity contribution in [3.8, 4) is 0 Å². The van der Waals surface area contributed by atoms with E-state index in [1.54, 1.807) is 0 Å². The zero-order chi connectivity index (χ0) is 16.4. The van der Waals surface area contributed by atoms with Crippen molar-refractivity contribution in [2.24, 2.45) is 0 Å². The topological polar surface area (TPSA) is 44.8 Å². The summed E-state index contributed by atoms with van der Waals surface area (Å²) in [5.41, 5.74) is -0.0448. The summed E-state index contributed by atoms with van der Waals surface area (Å²) >= 11 is 0. The van der Waals surface area contributed by atoms with Crippen LogP contribution < -0.4 is 5.32 Å². The average molecular weight is 311 g/mol. The van der Waals surface area contributed by atoms with Crippen LogP contribution in [0.25, 0.3) is 0 Å². The molecule has 2 aliphatic rings. The second kappa shape index (κ2) is 6.75. The molecule has 0 unspecified atom stereocenters. The standard InChI is InChI=1S/C17H33N3O2/c1-16(2,3)22-15(21)20-11-7-14(8-12-20)18-13-17(19(4)5)9-6-10-17/h14,18H,6-13H2,1-5H3. The zero-order valence-electron chi connectivity index (χ0n) is 14.9. The van der Waals surface area contributed by atoms with Crippen LogP contribution in [0.5, 0.6) is 0 Å². The summed E-state index contributed by atoms with van der Waals surface area (Å²) in [6.07, 6.45) is 5.80. The highest BCUT2D eigenvalue weighted by Crippen LogP contribution is 2.35. The average Bonchev–Trinajstić information content (AvgIpc) is 2.35. The quantitative estimate of drug-likeness (QED) is 0.866. The number of rotatable bonds is 4. The lowest BCUT2D eigenvalue weighted by atomic mass is 9.75. The van der Waals surface area contributed by atoms with E-state index in [4.69, 9.17) is 4.74 Å². The van der Waals surface area contributed by atoms with Crippen molar-refractivity contribution in [2.45, 2.75) is 70.1 Å². The molecule has 0 spiro atoms. The SMILES string of the molecule is CN(C)C1(CNC2CCN(C(=O)OC(C)(C)C)CC2)CCC1. The highest BCUT2D eigenvalue weighted by molar-refractivity contribution is 5.68. The highest BCUT2D eigenvalue weighted by Gasteiger charge is 2.39. The molecule has 1 amide bonds. The normalized spacial score (nSPS) is 22.5. The Balaban J connectivity index is 1.72. The smallest absolute Gasteiger partial charge is 0.410 e. The molecule has 0 atom stereocenters. The van der Waals surface area contributed by atoms with Crippen LogP contribution in [0.2, 0.25) is 0 Å². The monoisotopic (exact) mass is 311 g/mol. The first kappa shape index (κ1) is 17.5. The van der Waals surface area contributed by atoms with E-state index in [0.29, 0.717) is 11.6 Å². The van der Waals surface area contributed by atoms with E-state index in [1.807, 2.05) is 25.7 Å². The van der Waals surface area contributed by atoms with Crippen LogP contribution in [-0.2, 0) is 4.74 Å². The molecule has 0 aromatic carbocycles. The fourth-order valence-corrected chi connectivity index (χ4v) is 3.29. The van der Waals surface area contributed by atoms with Crippen LogP contribution in [0.1, 0.15) is 52.9 Å². The second-order valence-electron chi connectivity index (χ2n) is 8.09. The maximum atomic E-state index is 12.1. The third kappa shape index (κ3) is 4.35.